The predicted molar refractivity (Wildman–Crippen MR) is 84.6 cm³/mol. The molecule has 0 saturated heterocycles. The number of pyridine rings is 1. The fourth-order valence-electron chi connectivity index (χ4n) is 2.79. The van der Waals surface area contributed by atoms with Gasteiger partial charge in [0.1, 0.15) is 5.52 Å². The zero-order valence-electron chi connectivity index (χ0n) is 11.9. The third-order valence-corrected chi connectivity index (χ3v) is 3.88. The van der Waals surface area contributed by atoms with Gasteiger partial charge in [-0.3, -0.25) is 0 Å². The Morgan fingerprint density at radius 3 is 2.67 bits per heavy atom. The molecule has 1 aliphatic heterocycles. The summed E-state index contributed by atoms with van der Waals surface area (Å²) in [4.78, 5) is 6.87. The SMILES string of the molecule is Cc1ccc2ccc3c(c2n1)OCN(c1ccccc1)C3. The molecule has 3 nitrogen and oxygen atoms in total. The van der Waals surface area contributed by atoms with Crippen LogP contribution >= 0.6 is 0 Å². The van der Waals surface area contributed by atoms with Crippen LogP contribution in [-0.2, 0) is 6.54 Å². The fourth-order valence-corrected chi connectivity index (χ4v) is 2.79. The van der Waals surface area contributed by atoms with E-state index in [4.69, 9.17) is 4.74 Å². The number of para-hydroxylation sites is 1. The third kappa shape index (κ3) is 2.11. The largest absolute Gasteiger partial charge is 0.470 e. The first kappa shape index (κ1) is 12.2. The second kappa shape index (κ2) is 4.77. The molecule has 0 radical (unpaired) electrons. The molecule has 0 spiro atoms. The van der Waals surface area contributed by atoms with Gasteiger partial charge in [0.05, 0.1) is 0 Å². The number of ether oxygens (including phenoxy) is 1. The molecule has 3 aromatic rings. The molecule has 3 heteroatoms. The molecule has 0 aliphatic carbocycles. The standard InChI is InChI=1S/C18H16N2O/c1-13-7-8-14-9-10-15-11-20(16-5-3-2-4-6-16)12-21-18(15)17(14)19-13/h2-10H,11-12H2,1H3. The normalized spacial score (nSPS) is 13.9. The van der Waals surface area contributed by atoms with Crippen molar-refractivity contribution in [2.45, 2.75) is 13.5 Å². The summed E-state index contributed by atoms with van der Waals surface area (Å²) in [6, 6.07) is 18.8. The summed E-state index contributed by atoms with van der Waals surface area (Å²) in [5.41, 5.74) is 4.36. The zero-order valence-corrected chi connectivity index (χ0v) is 11.9. The van der Waals surface area contributed by atoms with E-state index in [2.05, 4.69) is 52.3 Å². The Morgan fingerprint density at radius 2 is 1.81 bits per heavy atom. The number of nitrogens with zero attached hydrogens (tertiary/aromatic N) is 2. The minimum absolute atomic E-state index is 0.561. The average molecular weight is 276 g/mol. The molecule has 4 rings (SSSR count). The molecule has 2 aromatic carbocycles. The second-order valence-corrected chi connectivity index (χ2v) is 5.39. The van der Waals surface area contributed by atoms with E-state index >= 15 is 0 Å². The van der Waals surface area contributed by atoms with Crippen LogP contribution in [0.2, 0.25) is 0 Å². The van der Waals surface area contributed by atoms with Gasteiger partial charge in [-0.15, -0.1) is 0 Å². The summed E-state index contributed by atoms with van der Waals surface area (Å²) in [7, 11) is 0. The quantitative estimate of drug-likeness (QED) is 0.674. The van der Waals surface area contributed by atoms with Gasteiger partial charge in [-0.25, -0.2) is 4.98 Å². The maximum Gasteiger partial charge on any atom is 0.161 e. The van der Waals surface area contributed by atoms with Crippen LogP contribution < -0.4 is 9.64 Å². The van der Waals surface area contributed by atoms with Gasteiger partial charge in [0.15, 0.2) is 12.5 Å². The maximum atomic E-state index is 6.02. The number of rotatable bonds is 1. The van der Waals surface area contributed by atoms with E-state index in [0.717, 1.165) is 28.9 Å². The smallest absolute Gasteiger partial charge is 0.161 e. The van der Waals surface area contributed by atoms with Crippen molar-refractivity contribution in [1.82, 2.24) is 4.98 Å². The lowest BCUT2D eigenvalue weighted by Crippen LogP contribution is -2.31. The van der Waals surface area contributed by atoms with Crippen molar-refractivity contribution in [1.29, 1.82) is 0 Å². The van der Waals surface area contributed by atoms with Crippen molar-refractivity contribution in [3.63, 3.8) is 0 Å². The summed E-state index contributed by atoms with van der Waals surface area (Å²) < 4.78 is 6.02. The molecule has 0 unspecified atom stereocenters. The predicted octanol–water partition coefficient (Wildman–Crippen LogP) is 3.90. The third-order valence-electron chi connectivity index (χ3n) is 3.88. The van der Waals surface area contributed by atoms with Gasteiger partial charge in [0.2, 0.25) is 0 Å². The van der Waals surface area contributed by atoms with Crippen LogP contribution in [-0.4, -0.2) is 11.7 Å². The van der Waals surface area contributed by atoms with Crippen molar-refractivity contribution >= 4 is 16.6 Å². The zero-order chi connectivity index (χ0) is 14.2. The van der Waals surface area contributed by atoms with Crippen molar-refractivity contribution in [3.05, 3.63) is 65.9 Å². The van der Waals surface area contributed by atoms with Gasteiger partial charge < -0.3 is 9.64 Å². The topological polar surface area (TPSA) is 25.4 Å². The molecule has 21 heavy (non-hydrogen) atoms. The molecule has 0 atom stereocenters. The van der Waals surface area contributed by atoms with Gasteiger partial charge in [0, 0.05) is 28.9 Å². The summed E-state index contributed by atoms with van der Waals surface area (Å²) in [6.45, 7) is 3.43. The lowest BCUT2D eigenvalue weighted by atomic mass is 10.1. The molecule has 0 N–H and O–H groups in total. The molecule has 2 heterocycles. The van der Waals surface area contributed by atoms with Gasteiger partial charge in [-0.2, -0.15) is 0 Å². The van der Waals surface area contributed by atoms with Gasteiger partial charge in [-0.1, -0.05) is 36.4 Å². The minimum Gasteiger partial charge on any atom is -0.470 e. The van der Waals surface area contributed by atoms with Crippen LogP contribution in [0.5, 0.6) is 5.75 Å². The molecule has 0 fully saturated rings. The summed E-state index contributed by atoms with van der Waals surface area (Å²) in [5, 5.41) is 1.13. The van der Waals surface area contributed by atoms with E-state index < -0.39 is 0 Å². The van der Waals surface area contributed by atoms with Crippen molar-refractivity contribution in [2.75, 3.05) is 11.6 Å². The monoisotopic (exact) mass is 276 g/mol. The van der Waals surface area contributed by atoms with E-state index in [1.54, 1.807) is 0 Å². The van der Waals surface area contributed by atoms with Crippen molar-refractivity contribution in [2.24, 2.45) is 0 Å². The van der Waals surface area contributed by atoms with Gasteiger partial charge in [0.25, 0.3) is 0 Å². The van der Waals surface area contributed by atoms with Crippen molar-refractivity contribution in [3.8, 4) is 5.75 Å². The lowest BCUT2D eigenvalue weighted by molar-refractivity contribution is 0.292. The highest BCUT2D eigenvalue weighted by Crippen LogP contribution is 2.34. The number of hydrogen-bond acceptors (Lipinski definition) is 3. The Labute approximate surface area is 123 Å². The fraction of sp³-hybridized carbons (Fsp3) is 0.167. The second-order valence-electron chi connectivity index (χ2n) is 5.39. The highest BCUT2D eigenvalue weighted by Gasteiger charge is 2.20. The first-order chi connectivity index (χ1) is 10.3. The highest BCUT2D eigenvalue weighted by molar-refractivity contribution is 5.86. The molecule has 0 amide bonds. The van der Waals surface area contributed by atoms with E-state index in [1.165, 1.54) is 11.3 Å². The Bertz CT molecular complexity index is 799. The number of aryl methyl sites for hydroxylation is 1. The number of hydrogen-bond donors (Lipinski definition) is 0. The van der Waals surface area contributed by atoms with Gasteiger partial charge in [-0.05, 0) is 25.1 Å². The average Bonchev–Trinajstić information content (AvgIpc) is 2.55. The van der Waals surface area contributed by atoms with Crippen LogP contribution in [0.4, 0.5) is 5.69 Å². The Balaban J connectivity index is 1.77. The van der Waals surface area contributed by atoms with Crippen LogP contribution in [0.1, 0.15) is 11.3 Å². The Hall–Kier alpha value is -2.55. The number of fused-ring (bicyclic) bond motifs is 3. The molecule has 1 aliphatic rings. The van der Waals surface area contributed by atoms with E-state index in [1.807, 2.05) is 19.1 Å². The molecular weight excluding hydrogens is 260 g/mol. The van der Waals surface area contributed by atoms with Crippen LogP contribution in [0, 0.1) is 6.92 Å². The Kier molecular flexibility index (Phi) is 2.78. The summed E-state index contributed by atoms with van der Waals surface area (Å²) in [5.74, 6) is 0.934. The summed E-state index contributed by atoms with van der Waals surface area (Å²) in [6.07, 6.45) is 0. The molecule has 104 valence electrons. The van der Waals surface area contributed by atoms with Crippen molar-refractivity contribution < 1.29 is 4.74 Å². The lowest BCUT2D eigenvalue weighted by Gasteiger charge is -2.31. The number of benzene rings is 2. The van der Waals surface area contributed by atoms with Crippen LogP contribution in [0.25, 0.3) is 10.9 Å². The molecule has 0 bridgehead atoms. The molecule has 0 saturated carbocycles. The molecule has 1 aromatic heterocycles. The maximum absolute atomic E-state index is 6.02. The first-order valence-corrected chi connectivity index (χ1v) is 7.13. The van der Waals surface area contributed by atoms with E-state index in [0.29, 0.717) is 6.73 Å². The van der Waals surface area contributed by atoms with Crippen LogP contribution in [0.15, 0.2) is 54.6 Å². The van der Waals surface area contributed by atoms with E-state index in [9.17, 15) is 0 Å². The van der Waals surface area contributed by atoms with Gasteiger partial charge >= 0.3 is 0 Å². The molecular formula is C18H16N2O. The highest BCUT2D eigenvalue weighted by atomic mass is 16.5. The first-order valence-electron chi connectivity index (χ1n) is 7.13. The van der Waals surface area contributed by atoms with E-state index in [-0.39, 0.29) is 0 Å². The van der Waals surface area contributed by atoms with Crippen LogP contribution in [0.3, 0.4) is 0 Å². The number of anilines is 1. The summed E-state index contributed by atoms with van der Waals surface area (Å²) >= 11 is 0. The minimum atomic E-state index is 0.561. The number of aromatic nitrogens is 1. The Morgan fingerprint density at radius 1 is 1.00 bits per heavy atom.